The van der Waals surface area contributed by atoms with E-state index in [1.54, 1.807) is 0 Å². The molecule has 0 aliphatic rings. The molecule has 0 aromatic heterocycles. The minimum Gasteiger partial charge on any atom is -0.375 e. The van der Waals surface area contributed by atoms with Crippen LogP contribution in [0.25, 0.3) is 0 Å². The van der Waals surface area contributed by atoms with Gasteiger partial charge < -0.3 is 5.73 Å². The van der Waals surface area contributed by atoms with Gasteiger partial charge in [-0.15, -0.1) is 0 Å². The van der Waals surface area contributed by atoms with Crippen LogP contribution in [0.5, 0.6) is 0 Å². The number of rotatable bonds is 1. The largest absolute Gasteiger partial charge is 0.375 e. The van der Waals surface area contributed by atoms with Crippen molar-refractivity contribution in [3.63, 3.8) is 0 Å². The highest BCUT2D eigenvalue weighted by atomic mass is 32.1. The fourth-order valence-corrected chi connectivity index (χ4v) is 0.106. The van der Waals surface area contributed by atoms with Crippen LogP contribution in [-0.2, 0) is 4.94 Å². The van der Waals surface area contributed by atoms with Gasteiger partial charge in [0, 0.05) is 0 Å². The standard InChI is InChI=1S/CH5N3OS/c2-1(6)4-5-3/h3H2,(H3,2,4,6). The predicted molar refractivity (Wildman–Crippen MR) is 25.2 cm³/mol. The summed E-state index contributed by atoms with van der Waals surface area (Å²) in [5.74, 6) is 4.45. The summed E-state index contributed by atoms with van der Waals surface area (Å²) in [7, 11) is 0. The molecule has 0 rings (SSSR count). The van der Waals surface area contributed by atoms with Crippen molar-refractivity contribution in [2.24, 2.45) is 11.6 Å². The topological polar surface area (TPSA) is 73.3 Å². The first-order valence-electron chi connectivity index (χ1n) is 1.18. The summed E-state index contributed by atoms with van der Waals surface area (Å²) < 4.78 is 0. The molecule has 4 nitrogen and oxygen atoms in total. The Balaban J connectivity index is 2.83. The van der Waals surface area contributed by atoms with E-state index in [2.05, 4.69) is 23.1 Å². The molecule has 5 N–H and O–H groups in total. The van der Waals surface area contributed by atoms with Gasteiger partial charge in [0.15, 0.2) is 5.11 Å². The van der Waals surface area contributed by atoms with Crippen LogP contribution < -0.4 is 17.1 Å². The zero-order chi connectivity index (χ0) is 4.99. The lowest BCUT2D eigenvalue weighted by Crippen LogP contribution is -2.31. The van der Waals surface area contributed by atoms with E-state index < -0.39 is 0 Å². The van der Waals surface area contributed by atoms with Crippen LogP contribution in [0, 0.1) is 0 Å². The second-order valence-corrected chi connectivity index (χ2v) is 1.02. The van der Waals surface area contributed by atoms with Gasteiger partial charge in [-0.2, -0.15) is 10.8 Å². The Hall–Kier alpha value is -0.390. The Labute approximate surface area is 40.3 Å². The highest BCUT2D eigenvalue weighted by Gasteiger charge is 1.74. The maximum absolute atomic E-state index is 4.82. The summed E-state index contributed by atoms with van der Waals surface area (Å²) in [6.45, 7) is 0. The molecule has 0 bridgehead atoms. The highest BCUT2D eigenvalue weighted by molar-refractivity contribution is 7.80. The first kappa shape index (κ1) is 5.61. The molecule has 0 fully saturated rings. The van der Waals surface area contributed by atoms with Crippen LogP contribution in [0.4, 0.5) is 0 Å². The lowest BCUT2D eigenvalue weighted by atomic mass is 11.2. The second kappa shape index (κ2) is 2.83. The van der Waals surface area contributed by atoms with Crippen LogP contribution in [0.1, 0.15) is 0 Å². The van der Waals surface area contributed by atoms with E-state index in [0.29, 0.717) is 0 Å². The molecule has 0 saturated heterocycles. The average molecular weight is 107 g/mol. The number of thiocarbonyl (C=S) groups is 1. The van der Waals surface area contributed by atoms with E-state index in [9.17, 15) is 0 Å². The van der Waals surface area contributed by atoms with Crippen LogP contribution in [0.15, 0.2) is 0 Å². The van der Waals surface area contributed by atoms with Crippen LogP contribution in [-0.4, -0.2) is 5.11 Å². The lowest BCUT2D eigenvalue weighted by molar-refractivity contribution is 0.0875. The molecule has 0 aliphatic carbocycles. The van der Waals surface area contributed by atoms with E-state index in [1.807, 2.05) is 5.48 Å². The Morgan fingerprint density at radius 2 is 2.33 bits per heavy atom. The normalized spacial score (nSPS) is 7.50. The van der Waals surface area contributed by atoms with Gasteiger partial charge in [-0.05, 0) is 12.2 Å². The summed E-state index contributed by atoms with van der Waals surface area (Å²) >= 11 is 4.26. The number of hydrogen-bond donors (Lipinski definition) is 3. The van der Waals surface area contributed by atoms with Gasteiger partial charge in [0.25, 0.3) is 0 Å². The van der Waals surface area contributed by atoms with Crippen molar-refractivity contribution in [1.29, 1.82) is 0 Å². The first-order chi connectivity index (χ1) is 2.77. The fraction of sp³-hybridized carbons (Fsp3) is 0. The highest BCUT2D eigenvalue weighted by Crippen LogP contribution is 1.48. The van der Waals surface area contributed by atoms with Crippen molar-refractivity contribution in [3.05, 3.63) is 0 Å². The van der Waals surface area contributed by atoms with Crippen molar-refractivity contribution in [2.75, 3.05) is 0 Å². The maximum atomic E-state index is 4.82. The minimum atomic E-state index is 0.0255. The van der Waals surface area contributed by atoms with Gasteiger partial charge in [0.05, 0.1) is 0 Å². The number of hydroxylamine groups is 1. The van der Waals surface area contributed by atoms with Crippen molar-refractivity contribution in [1.82, 2.24) is 5.48 Å². The van der Waals surface area contributed by atoms with E-state index in [-0.39, 0.29) is 5.11 Å². The first-order valence-corrected chi connectivity index (χ1v) is 1.59. The number of nitrogens with two attached hydrogens (primary N) is 2. The van der Waals surface area contributed by atoms with Gasteiger partial charge in [-0.3, -0.25) is 0 Å². The minimum absolute atomic E-state index is 0.0255. The summed E-state index contributed by atoms with van der Waals surface area (Å²) in [6.07, 6.45) is 0. The molecule has 0 amide bonds. The Kier molecular flexibility index (Phi) is 2.64. The van der Waals surface area contributed by atoms with Crippen molar-refractivity contribution < 1.29 is 4.94 Å². The van der Waals surface area contributed by atoms with Crippen LogP contribution in [0.3, 0.4) is 0 Å². The summed E-state index contributed by atoms with van der Waals surface area (Å²) in [5.41, 5.74) is 6.81. The van der Waals surface area contributed by atoms with Crippen molar-refractivity contribution in [3.8, 4) is 0 Å². The predicted octanol–water partition coefficient (Wildman–Crippen LogP) is -1.38. The molecule has 6 heavy (non-hydrogen) atoms. The molecule has 0 heterocycles. The molecule has 0 aliphatic heterocycles. The summed E-state index contributed by atoms with van der Waals surface area (Å²) in [6, 6.07) is 0. The molecule has 0 radical (unpaired) electrons. The molecule has 36 valence electrons. The molecule has 0 atom stereocenters. The Morgan fingerprint density at radius 3 is 2.33 bits per heavy atom. The van der Waals surface area contributed by atoms with Gasteiger partial charge in [0.2, 0.25) is 0 Å². The zero-order valence-electron chi connectivity index (χ0n) is 2.97. The van der Waals surface area contributed by atoms with Crippen molar-refractivity contribution >= 4 is 17.3 Å². The Morgan fingerprint density at radius 1 is 1.83 bits per heavy atom. The average Bonchev–Trinajstić information content (AvgIpc) is 1.35. The molecule has 5 heteroatoms. The molecule has 0 aromatic carbocycles. The Bertz CT molecular complexity index is 54.8. The second-order valence-electron chi connectivity index (χ2n) is 0.584. The summed E-state index contributed by atoms with van der Waals surface area (Å²) in [5, 5.41) is 0.0255. The molecule has 0 unspecified atom stereocenters. The van der Waals surface area contributed by atoms with E-state index >= 15 is 0 Å². The monoisotopic (exact) mass is 107 g/mol. The van der Waals surface area contributed by atoms with Gasteiger partial charge >= 0.3 is 0 Å². The lowest BCUT2D eigenvalue weighted by Gasteiger charge is -1.92. The van der Waals surface area contributed by atoms with Gasteiger partial charge in [-0.1, -0.05) is 0 Å². The van der Waals surface area contributed by atoms with Crippen LogP contribution >= 0.6 is 12.2 Å². The summed E-state index contributed by atoms with van der Waals surface area (Å²) in [4.78, 5) is 3.79. The van der Waals surface area contributed by atoms with Crippen molar-refractivity contribution in [2.45, 2.75) is 0 Å². The smallest absolute Gasteiger partial charge is 0.189 e. The maximum Gasteiger partial charge on any atom is 0.189 e. The number of hydrogen-bond acceptors (Lipinski definition) is 3. The fourth-order valence-electron chi connectivity index (χ4n) is 0.0581. The molecular formula is CH5N3OS. The third kappa shape index (κ3) is 3.61. The number of nitrogens with one attached hydrogen (secondary N) is 1. The van der Waals surface area contributed by atoms with E-state index in [4.69, 9.17) is 5.73 Å². The van der Waals surface area contributed by atoms with Gasteiger partial charge in [0.1, 0.15) is 0 Å². The van der Waals surface area contributed by atoms with Gasteiger partial charge in [-0.25, -0.2) is 5.48 Å². The van der Waals surface area contributed by atoms with Crippen LogP contribution in [0.2, 0.25) is 0 Å². The molecular weight excluding hydrogens is 102 g/mol. The third-order valence-corrected chi connectivity index (χ3v) is 0.243. The van der Waals surface area contributed by atoms with E-state index in [1.165, 1.54) is 0 Å². The zero-order valence-corrected chi connectivity index (χ0v) is 3.79. The quantitative estimate of drug-likeness (QED) is 0.284. The molecule has 0 saturated carbocycles. The third-order valence-electron chi connectivity index (χ3n) is 0.160. The SMILES string of the molecule is NONC(N)=S. The van der Waals surface area contributed by atoms with E-state index in [0.717, 1.165) is 0 Å². The molecule has 0 aromatic rings. The molecule has 0 spiro atoms.